The predicted molar refractivity (Wildman–Crippen MR) is 222 cm³/mol. The zero-order chi connectivity index (χ0) is 35.3. The molecule has 0 aliphatic heterocycles. The molecule has 252 valence electrons. The van der Waals surface area contributed by atoms with Gasteiger partial charge in [-0.05, 0) is 110 Å². The van der Waals surface area contributed by atoms with Crippen LogP contribution in [0.2, 0.25) is 0 Å². The Balaban J connectivity index is 1.36. The van der Waals surface area contributed by atoms with Crippen LogP contribution in [0.5, 0.6) is 0 Å². The molecule has 0 atom stereocenters. The molecule has 7 aromatic carbocycles. The molecule has 0 fully saturated rings. The van der Waals surface area contributed by atoms with Crippen LogP contribution in [0.25, 0.3) is 43.5 Å². The van der Waals surface area contributed by atoms with E-state index in [2.05, 4.69) is 195 Å². The number of nitrogens with zero attached hydrogens (tertiary/aromatic N) is 2. The van der Waals surface area contributed by atoms with Crippen molar-refractivity contribution in [2.45, 2.75) is 34.1 Å². The molecule has 0 spiro atoms. The van der Waals surface area contributed by atoms with Crippen molar-refractivity contribution in [1.82, 2.24) is 0 Å². The second kappa shape index (κ2) is 12.8. The molecule has 1 aromatic heterocycles. The van der Waals surface area contributed by atoms with Gasteiger partial charge in [-0.2, -0.15) is 0 Å². The lowest BCUT2D eigenvalue weighted by Crippen LogP contribution is -2.16. The molecule has 0 saturated heterocycles. The van der Waals surface area contributed by atoms with Crippen LogP contribution >= 0.6 is 0 Å². The predicted octanol–water partition coefficient (Wildman–Crippen LogP) is 14.2. The van der Waals surface area contributed by atoms with Gasteiger partial charge in [0.05, 0.1) is 11.4 Å². The van der Waals surface area contributed by atoms with Gasteiger partial charge >= 0.3 is 0 Å². The Bertz CT molecular complexity index is 2730. The highest BCUT2D eigenvalue weighted by atomic mass is 16.3. The molecule has 1 aliphatic carbocycles. The van der Waals surface area contributed by atoms with Gasteiger partial charge in [0.15, 0.2) is 0 Å². The van der Waals surface area contributed by atoms with Gasteiger partial charge in [-0.1, -0.05) is 103 Å². The van der Waals surface area contributed by atoms with E-state index in [1.54, 1.807) is 0 Å². The van der Waals surface area contributed by atoms with E-state index in [1.165, 1.54) is 43.8 Å². The summed E-state index contributed by atoms with van der Waals surface area (Å²) < 4.78 is 7.06. The van der Waals surface area contributed by atoms with Crippen molar-refractivity contribution in [3.63, 3.8) is 0 Å². The number of fused-ring (bicyclic) bond motifs is 7. The highest BCUT2D eigenvalue weighted by Crippen LogP contribution is 2.48. The molecule has 1 aliphatic rings. The smallest absolute Gasteiger partial charge is 0.138 e. The van der Waals surface area contributed by atoms with E-state index in [-0.39, 0.29) is 0 Å². The van der Waals surface area contributed by atoms with Gasteiger partial charge in [0, 0.05) is 56.4 Å². The van der Waals surface area contributed by atoms with Crippen LogP contribution < -0.4 is 9.80 Å². The van der Waals surface area contributed by atoms with Crippen molar-refractivity contribution in [3.8, 4) is 0 Å². The lowest BCUT2D eigenvalue weighted by molar-refractivity contribution is 0.669. The third-order valence-corrected chi connectivity index (χ3v) is 10.2. The molecule has 0 amide bonds. The van der Waals surface area contributed by atoms with E-state index in [1.807, 2.05) is 0 Å². The average molecular weight is 673 g/mol. The fourth-order valence-corrected chi connectivity index (χ4v) is 7.91. The van der Waals surface area contributed by atoms with Crippen LogP contribution in [0.3, 0.4) is 0 Å². The van der Waals surface area contributed by atoms with Gasteiger partial charge in [-0.25, -0.2) is 0 Å². The zero-order valence-electron chi connectivity index (χ0n) is 30.0. The van der Waals surface area contributed by atoms with Crippen LogP contribution in [-0.2, 0) is 0 Å². The van der Waals surface area contributed by atoms with E-state index in [9.17, 15) is 0 Å². The van der Waals surface area contributed by atoms with Gasteiger partial charge in [0.1, 0.15) is 11.2 Å². The van der Waals surface area contributed by atoms with E-state index in [0.29, 0.717) is 0 Å². The number of hydrogen-bond acceptors (Lipinski definition) is 3. The number of anilines is 5. The van der Waals surface area contributed by atoms with Crippen molar-refractivity contribution in [2.24, 2.45) is 0 Å². The monoisotopic (exact) mass is 672 g/mol. The molecule has 0 N–H and O–H groups in total. The normalized spacial score (nSPS) is 13.1. The minimum absolute atomic E-state index is 0.866. The minimum Gasteiger partial charge on any atom is -0.456 e. The molecule has 8 aromatic rings. The number of furan rings is 1. The van der Waals surface area contributed by atoms with Gasteiger partial charge in [-0.3, -0.25) is 0 Å². The first kappa shape index (κ1) is 31.6. The first-order valence-corrected chi connectivity index (χ1v) is 18.1. The van der Waals surface area contributed by atoms with E-state index >= 15 is 0 Å². The number of hydrogen-bond donors (Lipinski definition) is 0. The Morgan fingerprint density at radius 2 is 0.942 bits per heavy atom. The van der Waals surface area contributed by atoms with Gasteiger partial charge < -0.3 is 14.2 Å². The number of aryl methyl sites for hydroxylation is 3. The van der Waals surface area contributed by atoms with Crippen LogP contribution in [0.1, 0.15) is 30.0 Å². The lowest BCUT2D eigenvalue weighted by atomic mass is 9.96. The zero-order valence-corrected chi connectivity index (χ0v) is 30.0. The first-order valence-electron chi connectivity index (χ1n) is 18.1. The topological polar surface area (TPSA) is 19.6 Å². The molecule has 9 rings (SSSR count). The SMILES string of the molecule is CC1=CCC=CC(N(c2cccc(C)c2)c2cc3oc4cc(N(c5cccc(C)c5)c5cccc(C)c5)c5ccccc5c4c3c3ccccc23)=C1. The maximum absolute atomic E-state index is 7.06. The Hall–Kier alpha value is -6.32. The van der Waals surface area contributed by atoms with Crippen molar-refractivity contribution in [2.75, 3.05) is 9.80 Å². The summed E-state index contributed by atoms with van der Waals surface area (Å²) in [7, 11) is 0. The van der Waals surface area contributed by atoms with Gasteiger partial charge in [-0.15, -0.1) is 0 Å². The molecule has 1 heterocycles. The summed E-state index contributed by atoms with van der Waals surface area (Å²) in [5, 5.41) is 6.96. The largest absolute Gasteiger partial charge is 0.456 e. The Kier molecular flexibility index (Phi) is 7.78. The van der Waals surface area contributed by atoms with Crippen LogP contribution in [0.4, 0.5) is 28.4 Å². The number of benzene rings is 7. The summed E-state index contributed by atoms with van der Waals surface area (Å²) >= 11 is 0. The second-order valence-corrected chi connectivity index (χ2v) is 14.1. The van der Waals surface area contributed by atoms with Crippen LogP contribution in [0, 0.1) is 20.8 Å². The van der Waals surface area contributed by atoms with Crippen LogP contribution in [0.15, 0.2) is 173 Å². The van der Waals surface area contributed by atoms with E-state index in [4.69, 9.17) is 4.42 Å². The highest BCUT2D eigenvalue weighted by molar-refractivity contribution is 6.30. The molecular weight excluding hydrogens is 633 g/mol. The summed E-state index contributed by atoms with van der Waals surface area (Å²) in [6.07, 6.45) is 9.97. The summed E-state index contributed by atoms with van der Waals surface area (Å²) in [5.74, 6) is 0. The summed E-state index contributed by atoms with van der Waals surface area (Å²) in [4.78, 5) is 4.76. The van der Waals surface area contributed by atoms with Crippen LogP contribution in [-0.4, -0.2) is 0 Å². The van der Waals surface area contributed by atoms with Crippen molar-refractivity contribution < 1.29 is 4.42 Å². The Morgan fingerprint density at radius 1 is 0.481 bits per heavy atom. The molecule has 0 radical (unpaired) electrons. The Morgan fingerprint density at radius 3 is 1.44 bits per heavy atom. The summed E-state index contributed by atoms with van der Waals surface area (Å²) in [6.45, 7) is 8.64. The standard InChI is InChI=1S/C49H40N2O/c1-32-14-5-6-18-36(26-32)50(37-19-11-15-33(2)27-37)44-30-46-48(42-24-9-7-22-40(42)44)49-43-25-10-8-23-41(43)45(31-47(49)52-46)51(38-20-12-16-34(3)28-38)39-21-13-17-35(4)29-39/h6-31H,5H2,1-4H3. The number of allylic oxidation sites excluding steroid dienone is 5. The third kappa shape index (κ3) is 5.46. The first-order chi connectivity index (χ1) is 25.4. The fraction of sp³-hybridized carbons (Fsp3) is 0.102. The van der Waals surface area contributed by atoms with E-state index in [0.717, 1.165) is 62.5 Å². The molecule has 0 bridgehead atoms. The fourth-order valence-electron chi connectivity index (χ4n) is 7.91. The summed E-state index contributed by atoms with van der Waals surface area (Å²) in [6, 6.07) is 48.3. The average Bonchev–Trinajstić information content (AvgIpc) is 3.39. The minimum atomic E-state index is 0.866. The molecule has 0 saturated carbocycles. The highest BCUT2D eigenvalue weighted by Gasteiger charge is 2.24. The van der Waals surface area contributed by atoms with Gasteiger partial charge in [0.2, 0.25) is 0 Å². The number of rotatable bonds is 6. The molecule has 0 unspecified atom stereocenters. The molecule has 3 heteroatoms. The van der Waals surface area contributed by atoms with E-state index < -0.39 is 0 Å². The third-order valence-electron chi connectivity index (χ3n) is 10.2. The second-order valence-electron chi connectivity index (χ2n) is 14.1. The van der Waals surface area contributed by atoms with Crippen molar-refractivity contribution in [1.29, 1.82) is 0 Å². The molecule has 52 heavy (non-hydrogen) atoms. The van der Waals surface area contributed by atoms with Gasteiger partial charge in [0.25, 0.3) is 0 Å². The quantitative estimate of drug-likeness (QED) is 0.175. The van der Waals surface area contributed by atoms with Crippen molar-refractivity contribution in [3.05, 3.63) is 186 Å². The van der Waals surface area contributed by atoms with Crippen molar-refractivity contribution >= 4 is 71.9 Å². The lowest BCUT2D eigenvalue weighted by Gasteiger charge is -2.28. The maximum Gasteiger partial charge on any atom is 0.138 e. The Labute approximate surface area is 305 Å². The molecule has 3 nitrogen and oxygen atoms in total. The molecular formula is C49H40N2O. The maximum atomic E-state index is 7.06. The summed E-state index contributed by atoms with van der Waals surface area (Å²) in [5.41, 5.74) is 13.3.